The zero-order valence-corrected chi connectivity index (χ0v) is 12.8. The van der Waals surface area contributed by atoms with E-state index in [1.807, 2.05) is 0 Å². The van der Waals surface area contributed by atoms with Gasteiger partial charge in [-0.2, -0.15) is 0 Å². The van der Waals surface area contributed by atoms with Crippen molar-refractivity contribution in [1.29, 1.82) is 0 Å². The third kappa shape index (κ3) is 4.73. The zero-order chi connectivity index (χ0) is 13.8. The number of aliphatic hydroxyl groups is 1. The van der Waals surface area contributed by atoms with Gasteiger partial charge < -0.3 is 14.7 Å². The van der Waals surface area contributed by atoms with Crippen LogP contribution in [-0.2, 0) is 4.74 Å². The minimum Gasteiger partial charge on any atom is -0.389 e. The van der Waals surface area contributed by atoms with Gasteiger partial charge in [0, 0.05) is 19.6 Å². The van der Waals surface area contributed by atoms with Gasteiger partial charge in [-0.1, -0.05) is 27.2 Å². The molecule has 2 rings (SSSR count). The molecule has 0 aromatic rings. The molecule has 1 aliphatic carbocycles. The number of aliphatic hydroxyl groups excluding tert-OH is 1. The van der Waals surface area contributed by atoms with Gasteiger partial charge in [0.1, 0.15) is 0 Å². The van der Waals surface area contributed by atoms with Crippen molar-refractivity contribution in [2.24, 2.45) is 17.8 Å². The maximum atomic E-state index is 10.2. The van der Waals surface area contributed by atoms with Gasteiger partial charge in [-0.25, -0.2) is 0 Å². The van der Waals surface area contributed by atoms with E-state index in [0.717, 1.165) is 31.5 Å². The molecule has 3 nitrogen and oxygen atoms in total. The average Bonchev–Trinajstić information content (AvgIpc) is 2.71. The maximum absolute atomic E-state index is 10.2. The summed E-state index contributed by atoms with van der Waals surface area (Å²) in [6.45, 7) is 10.4. The van der Waals surface area contributed by atoms with Gasteiger partial charge in [0.15, 0.2) is 0 Å². The molecule has 1 heterocycles. The van der Waals surface area contributed by atoms with Crippen molar-refractivity contribution in [2.45, 2.75) is 58.7 Å². The van der Waals surface area contributed by atoms with Crippen molar-refractivity contribution in [1.82, 2.24) is 4.90 Å². The maximum Gasteiger partial charge on any atom is 0.0900 e. The standard InChI is InChI=1S/C16H31NO2/c1-12-7-13(2)9-17(8-12)10-15(18)11-19-16-6-4-5-14(16)3/h12-16,18H,4-11H2,1-3H3. The van der Waals surface area contributed by atoms with Crippen LogP contribution in [0.4, 0.5) is 0 Å². The molecular formula is C16H31NO2. The SMILES string of the molecule is CC1CC(C)CN(CC(O)COC2CCCC2C)C1. The average molecular weight is 269 g/mol. The molecular weight excluding hydrogens is 238 g/mol. The number of ether oxygens (including phenoxy) is 1. The Bertz CT molecular complexity index is 261. The van der Waals surface area contributed by atoms with E-state index in [9.17, 15) is 5.11 Å². The topological polar surface area (TPSA) is 32.7 Å². The summed E-state index contributed by atoms with van der Waals surface area (Å²) < 4.78 is 5.90. The first-order valence-electron chi connectivity index (χ1n) is 8.06. The summed E-state index contributed by atoms with van der Waals surface area (Å²) in [5.74, 6) is 2.18. The van der Waals surface area contributed by atoms with Crippen LogP contribution < -0.4 is 0 Å². The third-order valence-corrected chi connectivity index (χ3v) is 4.70. The summed E-state index contributed by atoms with van der Waals surface area (Å²) in [4.78, 5) is 2.41. The molecule has 1 N–H and O–H groups in total. The predicted molar refractivity (Wildman–Crippen MR) is 78.1 cm³/mol. The van der Waals surface area contributed by atoms with Gasteiger partial charge in [0.2, 0.25) is 0 Å². The van der Waals surface area contributed by atoms with Crippen LogP contribution in [0, 0.1) is 17.8 Å². The van der Waals surface area contributed by atoms with Crippen LogP contribution in [-0.4, -0.2) is 48.5 Å². The van der Waals surface area contributed by atoms with E-state index in [1.165, 1.54) is 25.7 Å². The van der Waals surface area contributed by atoms with Crippen LogP contribution >= 0.6 is 0 Å². The molecule has 0 radical (unpaired) electrons. The first-order chi connectivity index (χ1) is 9.04. The molecule has 19 heavy (non-hydrogen) atoms. The van der Waals surface area contributed by atoms with E-state index >= 15 is 0 Å². The van der Waals surface area contributed by atoms with Crippen LogP contribution in [0.15, 0.2) is 0 Å². The second-order valence-electron chi connectivity index (χ2n) is 7.10. The van der Waals surface area contributed by atoms with Crippen molar-refractivity contribution in [2.75, 3.05) is 26.2 Å². The first kappa shape index (κ1) is 15.3. The monoisotopic (exact) mass is 269 g/mol. The highest BCUT2D eigenvalue weighted by Crippen LogP contribution is 2.27. The van der Waals surface area contributed by atoms with E-state index in [0.29, 0.717) is 18.6 Å². The van der Waals surface area contributed by atoms with Crippen LogP contribution in [0.25, 0.3) is 0 Å². The number of β-amino-alcohol motifs (C(OH)–C–C–N with tert-alkyl or cyclic N) is 1. The highest BCUT2D eigenvalue weighted by atomic mass is 16.5. The van der Waals surface area contributed by atoms with E-state index < -0.39 is 0 Å². The van der Waals surface area contributed by atoms with Gasteiger partial charge in [0.05, 0.1) is 18.8 Å². The highest BCUT2D eigenvalue weighted by Gasteiger charge is 2.26. The second kappa shape index (κ2) is 7.05. The Balaban J connectivity index is 1.67. The molecule has 5 atom stereocenters. The summed E-state index contributed by atoms with van der Waals surface area (Å²) in [5.41, 5.74) is 0. The smallest absolute Gasteiger partial charge is 0.0900 e. The fourth-order valence-corrected chi connectivity index (χ4v) is 3.89. The van der Waals surface area contributed by atoms with Crippen LogP contribution in [0.5, 0.6) is 0 Å². The lowest BCUT2D eigenvalue weighted by atomic mass is 9.92. The lowest BCUT2D eigenvalue weighted by Crippen LogP contribution is -2.44. The van der Waals surface area contributed by atoms with Crippen molar-refractivity contribution in [3.05, 3.63) is 0 Å². The van der Waals surface area contributed by atoms with Crippen LogP contribution in [0.3, 0.4) is 0 Å². The van der Waals surface area contributed by atoms with Crippen LogP contribution in [0.1, 0.15) is 46.5 Å². The summed E-state index contributed by atoms with van der Waals surface area (Å²) in [7, 11) is 0. The molecule has 3 heteroatoms. The van der Waals surface area contributed by atoms with Gasteiger partial charge in [-0.15, -0.1) is 0 Å². The van der Waals surface area contributed by atoms with Crippen LogP contribution in [0.2, 0.25) is 0 Å². The number of hydrogen-bond donors (Lipinski definition) is 1. The van der Waals surface area contributed by atoms with Crippen molar-refractivity contribution >= 4 is 0 Å². The summed E-state index contributed by atoms with van der Waals surface area (Å²) in [5, 5.41) is 10.2. The summed E-state index contributed by atoms with van der Waals surface area (Å²) in [6, 6.07) is 0. The Labute approximate surface area is 118 Å². The summed E-state index contributed by atoms with van der Waals surface area (Å²) >= 11 is 0. The summed E-state index contributed by atoms with van der Waals surface area (Å²) in [6.07, 6.45) is 5.11. The Kier molecular flexibility index (Phi) is 5.67. The second-order valence-corrected chi connectivity index (χ2v) is 7.10. The first-order valence-corrected chi connectivity index (χ1v) is 8.06. The van der Waals surface area contributed by atoms with E-state index in [2.05, 4.69) is 25.7 Å². The highest BCUT2D eigenvalue weighted by molar-refractivity contribution is 4.78. The van der Waals surface area contributed by atoms with Gasteiger partial charge in [-0.3, -0.25) is 0 Å². The predicted octanol–water partition coefficient (Wildman–Crippen LogP) is 2.53. The number of piperidine rings is 1. The molecule has 0 amide bonds. The Morgan fingerprint density at radius 2 is 1.84 bits per heavy atom. The third-order valence-electron chi connectivity index (χ3n) is 4.70. The molecule has 5 unspecified atom stereocenters. The molecule has 0 aromatic carbocycles. The Hall–Kier alpha value is -0.120. The molecule has 2 fully saturated rings. The van der Waals surface area contributed by atoms with Gasteiger partial charge in [-0.05, 0) is 37.0 Å². The number of hydrogen-bond acceptors (Lipinski definition) is 3. The molecule has 1 saturated carbocycles. The molecule has 2 aliphatic rings. The quantitative estimate of drug-likeness (QED) is 0.832. The lowest BCUT2D eigenvalue weighted by Gasteiger charge is -2.36. The van der Waals surface area contributed by atoms with Crippen molar-refractivity contribution in [3.8, 4) is 0 Å². The number of nitrogens with zero attached hydrogens (tertiary/aromatic N) is 1. The van der Waals surface area contributed by atoms with Crippen molar-refractivity contribution in [3.63, 3.8) is 0 Å². The number of likely N-dealkylation sites (tertiary alicyclic amines) is 1. The van der Waals surface area contributed by atoms with Gasteiger partial charge in [0.25, 0.3) is 0 Å². The molecule has 0 aromatic heterocycles. The number of rotatable bonds is 5. The largest absolute Gasteiger partial charge is 0.389 e. The Morgan fingerprint density at radius 3 is 2.42 bits per heavy atom. The molecule has 0 bridgehead atoms. The molecule has 112 valence electrons. The molecule has 1 aliphatic heterocycles. The minimum absolute atomic E-state index is 0.328. The fraction of sp³-hybridized carbons (Fsp3) is 1.00. The molecule has 0 spiro atoms. The minimum atomic E-state index is -0.328. The zero-order valence-electron chi connectivity index (χ0n) is 12.8. The van der Waals surface area contributed by atoms with Gasteiger partial charge >= 0.3 is 0 Å². The van der Waals surface area contributed by atoms with E-state index in [1.54, 1.807) is 0 Å². The van der Waals surface area contributed by atoms with E-state index in [-0.39, 0.29) is 6.10 Å². The normalized spacial score (nSPS) is 38.5. The molecule has 1 saturated heterocycles. The lowest BCUT2D eigenvalue weighted by molar-refractivity contribution is -0.0369. The fourth-order valence-electron chi connectivity index (χ4n) is 3.89. The Morgan fingerprint density at radius 1 is 1.16 bits per heavy atom. The van der Waals surface area contributed by atoms with Crippen molar-refractivity contribution < 1.29 is 9.84 Å². The van der Waals surface area contributed by atoms with E-state index in [4.69, 9.17) is 4.74 Å².